The van der Waals surface area contributed by atoms with Crippen LogP contribution in [-0.2, 0) is 0 Å². The van der Waals surface area contributed by atoms with Crippen molar-refractivity contribution >= 4 is 22.7 Å². The number of benzene rings is 3. The van der Waals surface area contributed by atoms with Crippen molar-refractivity contribution in [2.45, 2.75) is 13.8 Å². The van der Waals surface area contributed by atoms with E-state index in [9.17, 15) is 4.79 Å². The van der Waals surface area contributed by atoms with E-state index < -0.39 is 0 Å². The molecule has 1 aromatic heterocycles. The van der Waals surface area contributed by atoms with Gasteiger partial charge in [0.1, 0.15) is 17.0 Å². The molecule has 0 fully saturated rings. The van der Waals surface area contributed by atoms with Crippen molar-refractivity contribution in [2.75, 3.05) is 19.5 Å². The third-order valence-electron chi connectivity index (χ3n) is 4.80. The van der Waals surface area contributed by atoms with E-state index in [0.29, 0.717) is 28.6 Å². The fourth-order valence-electron chi connectivity index (χ4n) is 3.37. The molecule has 152 valence electrons. The molecule has 0 aliphatic rings. The maximum absolute atomic E-state index is 12.8. The fourth-order valence-corrected chi connectivity index (χ4v) is 3.37. The SMILES string of the molecule is COc1cc(OC)cc(C(=O)Nc2cccc(-c3nc4cc(C)cc(C)c4o3)c2)c1. The predicted octanol–water partition coefficient (Wildman–Crippen LogP) is 5.38. The van der Waals surface area contributed by atoms with Crippen molar-refractivity contribution < 1.29 is 18.7 Å². The highest BCUT2D eigenvalue weighted by atomic mass is 16.5. The molecule has 1 amide bonds. The van der Waals surface area contributed by atoms with Crippen molar-refractivity contribution in [1.29, 1.82) is 0 Å². The fraction of sp³-hybridized carbons (Fsp3) is 0.167. The zero-order valence-electron chi connectivity index (χ0n) is 17.3. The van der Waals surface area contributed by atoms with Crippen LogP contribution in [0.2, 0.25) is 0 Å². The monoisotopic (exact) mass is 402 g/mol. The standard InChI is InChI=1S/C24H22N2O4/c1-14-8-15(2)22-21(9-14)26-24(30-22)16-6-5-7-18(10-16)25-23(27)17-11-19(28-3)13-20(12-17)29-4/h5-13H,1-4H3,(H,25,27). The highest BCUT2D eigenvalue weighted by Gasteiger charge is 2.13. The van der Waals surface area contributed by atoms with Gasteiger partial charge in [-0.2, -0.15) is 0 Å². The number of carbonyl (C=O) groups excluding carboxylic acids is 1. The van der Waals surface area contributed by atoms with E-state index in [1.807, 2.05) is 44.2 Å². The molecular formula is C24H22N2O4. The highest BCUT2D eigenvalue weighted by molar-refractivity contribution is 6.05. The maximum atomic E-state index is 12.8. The van der Waals surface area contributed by atoms with Gasteiger partial charge in [-0.1, -0.05) is 12.1 Å². The van der Waals surface area contributed by atoms with Gasteiger partial charge in [0.05, 0.1) is 14.2 Å². The molecular weight excluding hydrogens is 380 g/mol. The third-order valence-corrected chi connectivity index (χ3v) is 4.80. The number of fused-ring (bicyclic) bond motifs is 1. The molecule has 1 N–H and O–H groups in total. The number of ether oxygens (including phenoxy) is 2. The van der Waals surface area contributed by atoms with Gasteiger partial charge in [0.25, 0.3) is 5.91 Å². The Labute approximate surface area is 174 Å². The molecule has 0 atom stereocenters. The number of nitrogens with one attached hydrogen (secondary N) is 1. The van der Waals surface area contributed by atoms with Gasteiger partial charge in [-0.05, 0) is 61.4 Å². The minimum Gasteiger partial charge on any atom is -0.497 e. The number of nitrogens with zero attached hydrogens (tertiary/aromatic N) is 1. The molecule has 0 bridgehead atoms. The summed E-state index contributed by atoms with van der Waals surface area (Å²) >= 11 is 0. The summed E-state index contributed by atoms with van der Waals surface area (Å²) in [6.45, 7) is 4.04. The molecule has 3 aromatic carbocycles. The second-order valence-corrected chi connectivity index (χ2v) is 7.09. The van der Waals surface area contributed by atoms with Gasteiger partial charge in [-0.25, -0.2) is 4.98 Å². The quantitative estimate of drug-likeness (QED) is 0.485. The summed E-state index contributed by atoms with van der Waals surface area (Å²) in [5.41, 5.74) is 5.62. The van der Waals surface area contributed by atoms with Gasteiger partial charge < -0.3 is 19.2 Å². The molecule has 0 aliphatic carbocycles. The summed E-state index contributed by atoms with van der Waals surface area (Å²) in [7, 11) is 3.09. The van der Waals surface area contributed by atoms with Gasteiger partial charge in [-0.3, -0.25) is 4.79 Å². The Balaban J connectivity index is 1.63. The smallest absolute Gasteiger partial charge is 0.255 e. The lowest BCUT2D eigenvalue weighted by Gasteiger charge is -2.10. The number of oxazole rings is 1. The van der Waals surface area contributed by atoms with Crippen molar-refractivity contribution in [3.8, 4) is 23.0 Å². The summed E-state index contributed by atoms with van der Waals surface area (Å²) in [5.74, 6) is 1.34. The van der Waals surface area contributed by atoms with Crippen molar-refractivity contribution in [1.82, 2.24) is 4.98 Å². The number of hydrogen-bond acceptors (Lipinski definition) is 5. The van der Waals surface area contributed by atoms with Crippen LogP contribution in [0.1, 0.15) is 21.5 Å². The maximum Gasteiger partial charge on any atom is 0.255 e. The van der Waals surface area contributed by atoms with E-state index in [2.05, 4.69) is 16.4 Å². The molecule has 0 aliphatic heterocycles. The second-order valence-electron chi connectivity index (χ2n) is 7.09. The molecule has 0 saturated carbocycles. The van der Waals surface area contributed by atoms with E-state index in [1.165, 1.54) is 0 Å². The van der Waals surface area contributed by atoms with Gasteiger partial charge >= 0.3 is 0 Å². The molecule has 4 aromatic rings. The van der Waals surface area contributed by atoms with E-state index in [1.54, 1.807) is 32.4 Å². The number of anilines is 1. The first-order valence-corrected chi connectivity index (χ1v) is 9.49. The van der Waals surface area contributed by atoms with Crippen LogP contribution in [0.4, 0.5) is 5.69 Å². The van der Waals surface area contributed by atoms with Crippen molar-refractivity contribution in [3.05, 3.63) is 71.3 Å². The van der Waals surface area contributed by atoms with Crippen LogP contribution < -0.4 is 14.8 Å². The van der Waals surface area contributed by atoms with Crippen molar-refractivity contribution in [3.63, 3.8) is 0 Å². The lowest BCUT2D eigenvalue weighted by atomic mass is 10.1. The molecule has 6 heteroatoms. The van der Waals surface area contributed by atoms with E-state index >= 15 is 0 Å². The van der Waals surface area contributed by atoms with Crippen LogP contribution in [0, 0.1) is 13.8 Å². The molecule has 6 nitrogen and oxygen atoms in total. The molecule has 30 heavy (non-hydrogen) atoms. The Hall–Kier alpha value is -3.80. The number of hydrogen-bond donors (Lipinski definition) is 1. The Morgan fingerprint density at radius 1 is 0.967 bits per heavy atom. The molecule has 0 unspecified atom stereocenters. The Kier molecular flexibility index (Phi) is 5.14. The molecule has 0 radical (unpaired) electrons. The lowest BCUT2D eigenvalue weighted by molar-refractivity contribution is 0.102. The van der Waals surface area contributed by atoms with Crippen molar-refractivity contribution in [2.24, 2.45) is 0 Å². The van der Waals surface area contributed by atoms with Crippen LogP contribution in [0.15, 0.2) is 59.0 Å². The minimum absolute atomic E-state index is 0.270. The molecule has 4 rings (SSSR count). The summed E-state index contributed by atoms with van der Waals surface area (Å²) in [6, 6.07) is 16.5. The number of aryl methyl sites for hydroxylation is 2. The summed E-state index contributed by atoms with van der Waals surface area (Å²) in [4.78, 5) is 17.4. The summed E-state index contributed by atoms with van der Waals surface area (Å²) < 4.78 is 16.5. The van der Waals surface area contributed by atoms with E-state index in [0.717, 1.165) is 27.8 Å². The first-order chi connectivity index (χ1) is 14.5. The zero-order valence-corrected chi connectivity index (χ0v) is 17.3. The number of carbonyl (C=O) groups is 1. The number of aromatic nitrogens is 1. The Bertz CT molecular complexity index is 1220. The molecule has 0 saturated heterocycles. The third kappa shape index (κ3) is 3.85. The largest absolute Gasteiger partial charge is 0.497 e. The number of amides is 1. The second kappa shape index (κ2) is 7.91. The summed E-state index contributed by atoms with van der Waals surface area (Å²) in [6.07, 6.45) is 0. The highest BCUT2D eigenvalue weighted by Crippen LogP contribution is 2.29. The Morgan fingerprint density at radius 2 is 1.70 bits per heavy atom. The van der Waals surface area contributed by atoms with Crippen LogP contribution in [0.25, 0.3) is 22.6 Å². The van der Waals surface area contributed by atoms with E-state index in [-0.39, 0.29) is 5.91 Å². The van der Waals surface area contributed by atoms with Crippen LogP contribution >= 0.6 is 0 Å². The van der Waals surface area contributed by atoms with Gasteiger partial charge in [0.2, 0.25) is 5.89 Å². The van der Waals surface area contributed by atoms with Gasteiger partial charge in [0, 0.05) is 22.9 Å². The molecule has 0 spiro atoms. The Morgan fingerprint density at radius 3 is 2.40 bits per heavy atom. The van der Waals surface area contributed by atoms with Crippen LogP contribution in [-0.4, -0.2) is 25.1 Å². The van der Waals surface area contributed by atoms with Crippen LogP contribution in [0.3, 0.4) is 0 Å². The number of methoxy groups -OCH3 is 2. The summed E-state index contributed by atoms with van der Waals surface area (Å²) in [5, 5.41) is 2.91. The first-order valence-electron chi connectivity index (χ1n) is 9.49. The zero-order chi connectivity index (χ0) is 21.3. The van der Waals surface area contributed by atoms with E-state index in [4.69, 9.17) is 13.9 Å². The number of rotatable bonds is 5. The molecule has 1 heterocycles. The minimum atomic E-state index is -0.270. The predicted molar refractivity (Wildman–Crippen MR) is 116 cm³/mol. The van der Waals surface area contributed by atoms with Crippen LogP contribution in [0.5, 0.6) is 11.5 Å². The average Bonchev–Trinajstić information content (AvgIpc) is 3.18. The average molecular weight is 402 g/mol. The lowest BCUT2D eigenvalue weighted by Crippen LogP contribution is -2.12. The normalized spacial score (nSPS) is 10.8. The topological polar surface area (TPSA) is 73.6 Å². The van der Waals surface area contributed by atoms with Gasteiger partial charge in [0.15, 0.2) is 5.58 Å². The van der Waals surface area contributed by atoms with Gasteiger partial charge in [-0.15, -0.1) is 0 Å². The first kappa shape index (κ1) is 19.5.